The number of hydrogen-bond donors (Lipinski definition) is 2. The maximum atomic E-state index is 11.5. The molecule has 1 aromatic rings. The van der Waals surface area contributed by atoms with Gasteiger partial charge in [0.15, 0.2) is 5.96 Å². The molecule has 1 aliphatic rings. The van der Waals surface area contributed by atoms with Crippen LogP contribution in [0.25, 0.3) is 0 Å². The molecule has 2 N–H and O–H groups in total. The summed E-state index contributed by atoms with van der Waals surface area (Å²) in [6, 6.07) is 8.69. The number of nitrogens with one attached hydrogen (secondary N) is 2. The van der Waals surface area contributed by atoms with Gasteiger partial charge >= 0.3 is 0 Å². The number of piperidine rings is 1. The lowest BCUT2D eigenvalue weighted by Crippen LogP contribution is -2.46. The molecule has 5 nitrogen and oxygen atoms in total. The highest BCUT2D eigenvalue weighted by Crippen LogP contribution is 2.21. The molecule has 1 saturated heterocycles. The summed E-state index contributed by atoms with van der Waals surface area (Å²) in [5.41, 5.74) is 2.65. The standard InChI is InChI=1S/C20H32N4O/c1-15-6-5-7-18(12-15)16(2)14-23-20(22-4)24-10-8-17(9-11-24)13-19(25)21-3/h5-7,12,16-17H,8-11,13-14H2,1-4H3,(H,21,25)(H,22,23). The summed E-state index contributed by atoms with van der Waals surface area (Å²) in [6.07, 6.45) is 2.73. The van der Waals surface area contributed by atoms with Crippen LogP contribution in [0.5, 0.6) is 0 Å². The highest BCUT2D eigenvalue weighted by molar-refractivity contribution is 5.80. The molecule has 1 aliphatic heterocycles. The fraction of sp³-hybridized carbons (Fsp3) is 0.600. The minimum absolute atomic E-state index is 0.146. The molecule has 1 heterocycles. The van der Waals surface area contributed by atoms with E-state index in [4.69, 9.17) is 0 Å². The third kappa shape index (κ3) is 5.76. The van der Waals surface area contributed by atoms with Crippen LogP contribution in [0.2, 0.25) is 0 Å². The van der Waals surface area contributed by atoms with Gasteiger partial charge < -0.3 is 15.5 Å². The predicted octanol–water partition coefficient (Wildman–Crippen LogP) is 2.52. The first-order valence-electron chi connectivity index (χ1n) is 9.26. The van der Waals surface area contributed by atoms with Crippen molar-refractivity contribution in [2.45, 2.75) is 39.0 Å². The summed E-state index contributed by atoms with van der Waals surface area (Å²) in [7, 11) is 3.55. The van der Waals surface area contributed by atoms with E-state index in [0.717, 1.165) is 38.4 Å². The minimum atomic E-state index is 0.146. The first kappa shape index (κ1) is 19.3. The zero-order valence-corrected chi connectivity index (χ0v) is 16.0. The van der Waals surface area contributed by atoms with Crippen LogP contribution in [0.15, 0.2) is 29.3 Å². The van der Waals surface area contributed by atoms with Crippen LogP contribution >= 0.6 is 0 Å². The van der Waals surface area contributed by atoms with Gasteiger partial charge in [0.2, 0.25) is 5.91 Å². The number of amides is 1. The monoisotopic (exact) mass is 344 g/mol. The molecule has 1 amide bonds. The summed E-state index contributed by atoms with van der Waals surface area (Å²) in [4.78, 5) is 18.3. The second-order valence-electron chi connectivity index (χ2n) is 7.05. The lowest BCUT2D eigenvalue weighted by Gasteiger charge is -2.34. The molecule has 0 aliphatic carbocycles. The number of rotatable bonds is 5. The number of aliphatic imine (C=N–C) groups is 1. The number of guanidine groups is 1. The van der Waals surface area contributed by atoms with Gasteiger partial charge in [-0.2, -0.15) is 0 Å². The number of likely N-dealkylation sites (tertiary alicyclic amines) is 1. The largest absolute Gasteiger partial charge is 0.359 e. The van der Waals surface area contributed by atoms with Gasteiger partial charge in [-0.15, -0.1) is 0 Å². The van der Waals surface area contributed by atoms with E-state index in [0.29, 0.717) is 18.3 Å². The lowest BCUT2D eigenvalue weighted by molar-refractivity contribution is -0.121. The molecular weight excluding hydrogens is 312 g/mol. The third-order valence-corrected chi connectivity index (χ3v) is 5.06. The number of carbonyl (C=O) groups is 1. The maximum absolute atomic E-state index is 11.5. The summed E-state index contributed by atoms with van der Waals surface area (Å²) in [5.74, 6) is 2.04. The molecule has 5 heteroatoms. The van der Waals surface area contributed by atoms with Gasteiger partial charge in [-0.1, -0.05) is 36.8 Å². The Kier molecular flexibility index (Phi) is 7.29. The van der Waals surface area contributed by atoms with Crippen LogP contribution in [-0.2, 0) is 4.79 Å². The SMILES string of the molecule is CN=C(NCC(C)c1cccc(C)c1)N1CCC(CC(=O)NC)CC1. The van der Waals surface area contributed by atoms with E-state index >= 15 is 0 Å². The molecule has 0 saturated carbocycles. The van der Waals surface area contributed by atoms with Gasteiger partial charge in [-0.3, -0.25) is 9.79 Å². The summed E-state index contributed by atoms with van der Waals surface area (Å²) >= 11 is 0. The highest BCUT2D eigenvalue weighted by atomic mass is 16.1. The van der Waals surface area contributed by atoms with Crippen LogP contribution < -0.4 is 10.6 Å². The fourth-order valence-electron chi connectivity index (χ4n) is 3.38. The molecule has 0 bridgehead atoms. The van der Waals surface area contributed by atoms with Crippen LogP contribution in [0.4, 0.5) is 0 Å². The summed E-state index contributed by atoms with van der Waals surface area (Å²) in [5, 5.41) is 6.24. The molecule has 1 atom stereocenters. The number of aryl methyl sites for hydroxylation is 1. The van der Waals surface area contributed by atoms with Crippen molar-refractivity contribution in [3.8, 4) is 0 Å². The average Bonchev–Trinajstić information content (AvgIpc) is 2.63. The quantitative estimate of drug-likeness (QED) is 0.637. The number of hydrogen-bond acceptors (Lipinski definition) is 2. The van der Waals surface area contributed by atoms with Gasteiger partial charge in [0.1, 0.15) is 0 Å². The second-order valence-corrected chi connectivity index (χ2v) is 7.05. The number of benzene rings is 1. The lowest BCUT2D eigenvalue weighted by atomic mass is 9.93. The van der Waals surface area contributed by atoms with E-state index in [1.165, 1.54) is 11.1 Å². The van der Waals surface area contributed by atoms with Gasteiger partial charge in [0.05, 0.1) is 0 Å². The molecule has 25 heavy (non-hydrogen) atoms. The molecular formula is C20H32N4O. The Morgan fingerprint density at radius 2 is 2.08 bits per heavy atom. The van der Waals surface area contributed by atoms with E-state index in [1.54, 1.807) is 7.05 Å². The predicted molar refractivity (Wildman–Crippen MR) is 104 cm³/mol. The molecule has 1 unspecified atom stereocenters. The van der Waals surface area contributed by atoms with Crippen LogP contribution in [0.3, 0.4) is 0 Å². The van der Waals surface area contributed by atoms with Crippen LogP contribution in [-0.4, -0.2) is 50.5 Å². The van der Waals surface area contributed by atoms with Crippen molar-refractivity contribution in [2.24, 2.45) is 10.9 Å². The Hall–Kier alpha value is -2.04. The van der Waals surface area contributed by atoms with Crippen molar-refractivity contribution in [3.63, 3.8) is 0 Å². The van der Waals surface area contributed by atoms with Gasteiger partial charge in [-0.05, 0) is 37.2 Å². The van der Waals surface area contributed by atoms with Crippen molar-refractivity contribution >= 4 is 11.9 Å². The second kappa shape index (κ2) is 9.44. The number of carbonyl (C=O) groups excluding carboxylic acids is 1. The molecule has 1 aromatic carbocycles. The average molecular weight is 345 g/mol. The Bertz CT molecular complexity index is 591. The van der Waals surface area contributed by atoms with Crippen molar-refractivity contribution < 1.29 is 4.79 Å². The molecule has 1 fully saturated rings. The zero-order valence-electron chi connectivity index (χ0n) is 16.0. The van der Waals surface area contributed by atoms with Crippen LogP contribution in [0.1, 0.15) is 43.2 Å². The normalized spacial score (nSPS) is 17.3. The first-order valence-corrected chi connectivity index (χ1v) is 9.26. The highest BCUT2D eigenvalue weighted by Gasteiger charge is 2.23. The van der Waals surface area contributed by atoms with E-state index in [1.807, 2.05) is 7.05 Å². The Labute approximate surface area is 151 Å². The Morgan fingerprint density at radius 3 is 2.68 bits per heavy atom. The van der Waals surface area contributed by atoms with Crippen LogP contribution in [0, 0.1) is 12.8 Å². The summed E-state index contributed by atoms with van der Waals surface area (Å²) < 4.78 is 0. The van der Waals surface area contributed by atoms with Gasteiger partial charge in [0.25, 0.3) is 0 Å². The van der Waals surface area contributed by atoms with Crippen molar-refractivity contribution in [1.29, 1.82) is 0 Å². The molecule has 0 radical (unpaired) electrons. The summed E-state index contributed by atoms with van der Waals surface area (Å²) in [6.45, 7) is 7.16. The maximum Gasteiger partial charge on any atom is 0.220 e. The van der Waals surface area contributed by atoms with E-state index in [2.05, 4.69) is 58.6 Å². The van der Waals surface area contributed by atoms with Crippen molar-refractivity contribution in [1.82, 2.24) is 15.5 Å². The van der Waals surface area contributed by atoms with Crippen molar-refractivity contribution in [3.05, 3.63) is 35.4 Å². The van der Waals surface area contributed by atoms with Gasteiger partial charge in [0, 0.05) is 40.2 Å². The third-order valence-electron chi connectivity index (χ3n) is 5.06. The zero-order chi connectivity index (χ0) is 18.2. The molecule has 0 spiro atoms. The molecule has 138 valence electrons. The molecule has 0 aromatic heterocycles. The van der Waals surface area contributed by atoms with Crippen molar-refractivity contribution in [2.75, 3.05) is 33.7 Å². The Balaban J connectivity index is 1.82. The Morgan fingerprint density at radius 1 is 1.36 bits per heavy atom. The van der Waals surface area contributed by atoms with E-state index in [9.17, 15) is 4.79 Å². The smallest absolute Gasteiger partial charge is 0.220 e. The van der Waals surface area contributed by atoms with E-state index in [-0.39, 0.29) is 5.91 Å². The van der Waals surface area contributed by atoms with E-state index < -0.39 is 0 Å². The molecule has 2 rings (SSSR count). The topological polar surface area (TPSA) is 56.7 Å². The number of nitrogens with zero attached hydrogens (tertiary/aromatic N) is 2. The fourth-order valence-corrected chi connectivity index (χ4v) is 3.38. The minimum Gasteiger partial charge on any atom is -0.359 e. The first-order chi connectivity index (χ1) is 12.0. The van der Waals surface area contributed by atoms with Gasteiger partial charge in [-0.25, -0.2) is 0 Å².